The Balaban J connectivity index is 1.47. The molecule has 0 saturated carbocycles. The van der Waals surface area contributed by atoms with Crippen LogP contribution in [0.15, 0.2) is 42.7 Å². The van der Waals surface area contributed by atoms with Crippen LogP contribution in [0.4, 0.5) is 23.0 Å². The molecule has 3 N–H and O–H groups in total. The summed E-state index contributed by atoms with van der Waals surface area (Å²) in [6.07, 6.45) is 5.84. The molecule has 0 radical (unpaired) electrons. The Hall–Kier alpha value is -4.29. The third-order valence-corrected chi connectivity index (χ3v) is 7.67. The van der Waals surface area contributed by atoms with Gasteiger partial charge in [-0.1, -0.05) is 18.2 Å². The molecule has 0 spiro atoms. The van der Waals surface area contributed by atoms with Crippen LogP contribution in [0.2, 0.25) is 0 Å². The van der Waals surface area contributed by atoms with Gasteiger partial charge in [0.05, 0.1) is 47.1 Å². The Morgan fingerprint density at radius 3 is 2.79 bits per heavy atom. The molecule has 5 rings (SSSR count). The topological polar surface area (TPSA) is 108 Å². The number of likely N-dealkylation sites (N-methyl/N-ethyl adjacent to an activating group) is 2. The van der Waals surface area contributed by atoms with Gasteiger partial charge in [-0.05, 0) is 45.4 Å². The molecule has 0 atom stereocenters. The van der Waals surface area contributed by atoms with Gasteiger partial charge >= 0.3 is 0 Å². The number of nitrogens with two attached hydrogens (primary N) is 1. The Labute approximate surface area is 229 Å². The van der Waals surface area contributed by atoms with Crippen LogP contribution in [0.1, 0.15) is 31.4 Å². The van der Waals surface area contributed by atoms with Crippen LogP contribution in [0.3, 0.4) is 0 Å². The van der Waals surface area contributed by atoms with E-state index in [9.17, 15) is 5.26 Å². The predicted octanol–water partition coefficient (Wildman–Crippen LogP) is 5.03. The highest BCUT2D eigenvalue weighted by molar-refractivity contribution is 5.98. The number of benzene rings is 2. The van der Waals surface area contributed by atoms with Gasteiger partial charge in [-0.3, -0.25) is 0 Å². The van der Waals surface area contributed by atoms with Crippen molar-refractivity contribution in [1.82, 2.24) is 19.4 Å². The zero-order valence-corrected chi connectivity index (χ0v) is 23.3. The first kappa shape index (κ1) is 26.3. The average molecular weight is 525 g/mol. The summed E-state index contributed by atoms with van der Waals surface area (Å²) in [4.78, 5) is 13.7. The van der Waals surface area contributed by atoms with Crippen LogP contribution < -0.4 is 20.7 Å². The van der Waals surface area contributed by atoms with E-state index in [1.54, 1.807) is 13.3 Å². The lowest BCUT2D eigenvalue weighted by atomic mass is 10.0. The fourth-order valence-electron chi connectivity index (χ4n) is 5.16. The molecule has 0 unspecified atom stereocenters. The second-order valence-corrected chi connectivity index (χ2v) is 10.5. The van der Waals surface area contributed by atoms with Crippen molar-refractivity contribution < 1.29 is 4.74 Å². The molecule has 0 saturated heterocycles. The van der Waals surface area contributed by atoms with E-state index in [0.29, 0.717) is 40.4 Å². The van der Waals surface area contributed by atoms with Crippen LogP contribution in [0, 0.1) is 11.3 Å². The van der Waals surface area contributed by atoms with Crippen LogP contribution in [0.5, 0.6) is 5.75 Å². The van der Waals surface area contributed by atoms with E-state index in [1.807, 2.05) is 19.2 Å². The van der Waals surface area contributed by atoms with Gasteiger partial charge in [0.2, 0.25) is 5.95 Å². The summed E-state index contributed by atoms with van der Waals surface area (Å²) in [5, 5.41) is 14.3. The van der Waals surface area contributed by atoms with Crippen molar-refractivity contribution in [2.24, 2.45) is 0 Å². The standard InChI is InChI=1S/C30H36N8O/c1-19(2)36(3)12-13-37(4)26-15-27(39-5)25(14-24(26)32)34-30-33-17-21(16-31)28(35-30)23-18-38-11-7-9-20-8-6-10-22(23)29(20)38/h6,8,10,14-15,17-19H,7,9,11-13,32H2,1-5H3,(H,33,34,35). The molecule has 0 fully saturated rings. The van der Waals surface area contributed by atoms with Crippen molar-refractivity contribution in [2.75, 3.05) is 50.2 Å². The minimum atomic E-state index is 0.369. The molecule has 0 aliphatic carbocycles. The molecule has 0 bridgehead atoms. The van der Waals surface area contributed by atoms with Gasteiger partial charge in [0.1, 0.15) is 11.8 Å². The SMILES string of the molecule is COc1cc(N(C)CCN(C)C(C)C)c(N)cc1Nc1ncc(C#N)c(-c2cn3c4c(cccc24)CCC3)n1. The summed E-state index contributed by atoms with van der Waals surface area (Å²) in [6, 6.07) is 12.9. The molecule has 1 aliphatic heterocycles. The lowest BCUT2D eigenvalue weighted by Crippen LogP contribution is -2.34. The molecular weight excluding hydrogens is 488 g/mol. The van der Waals surface area contributed by atoms with E-state index in [4.69, 9.17) is 15.5 Å². The fraction of sp³-hybridized carbons (Fsp3) is 0.367. The number of nitrogen functional groups attached to an aromatic ring is 1. The molecule has 9 nitrogen and oxygen atoms in total. The number of aromatic nitrogens is 3. The maximum Gasteiger partial charge on any atom is 0.227 e. The first-order valence-electron chi connectivity index (χ1n) is 13.3. The first-order valence-corrected chi connectivity index (χ1v) is 13.3. The van der Waals surface area contributed by atoms with Crippen LogP contribution >= 0.6 is 0 Å². The van der Waals surface area contributed by atoms with Crippen molar-refractivity contribution in [2.45, 2.75) is 39.3 Å². The van der Waals surface area contributed by atoms with Crippen molar-refractivity contribution in [1.29, 1.82) is 5.26 Å². The molecule has 2 aromatic carbocycles. The lowest BCUT2D eigenvalue weighted by Gasteiger charge is -2.27. The van der Waals surface area contributed by atoms with Crippen LogP contribution in [-0.2, 0) is 13.0 Å². The number of hydrogen-bond donors (Lipinski definition) is 2. The number of nitrogens with zero attached hydrogens (tertiary/aromatic N) is 6. The summed E-state index contributed by atoms with van der Waals surface area (Å²) in [5.74, 6) is 0.998. The molecule has 1 aliphatic rings. The Kier molecular flexibility index (Phi) is 7.31. The van der Waals surface area contributed by atoms with Gasteiger partial charge < -0.3 is 30.2 Å². The number of nitriles is 1. The minimum Gasteiger partial charge on any atom is -0.494 e. The molecule has 0 amide bonds. The number of rotatable bonds is 9. The Morgan fingerprint density at radius 2 is 2.05 bits per heavy atom. The maximum atomic E-state index is 9.87. The number of anilines is 4. The highest BCUT2D eigenvalue weighted by Crippen LogP contribution is 2.38. The summed E-state index contributed by atoms with van der Waals surface area (Å²) in [6.45, 7) is 7.05. The number of ether oxygens (including phenoxy) is 1. The van der Waals surface area contributed by atoms with Gasteiger partial charge in [0.25, 0.3) is 0 Å². The fourth-order valence-corrected chi connectivity index (χ4v) is 5.16. The van der Waals surface area contributed by atoms with E-state index in [1.165, 1.54) is 11.1 Å². The molecule has 4 aromatic rings. The summed E-state index contributed by atoms with van der Waals surface area (Å²) < 4.78 is 7.99. The monoisotopic (exact) mass is 524 g/mol. The second kappa shape index (κ2) is 10.8. The summed E-state index contributed by atoms with van der Waals surface area (Å²) in [5.41, 5.74) is 13.2. The van der Waals surface area contributed by atoms with E-state index >= 15 is 0 Å². The number of hydrogen-bond acceptors (Lipinski definition) is 8. The van der Waals surface area contributed by atoms with Crippen LogP contribution in [0.25, 0.3) is 22.2 Å². The van der Waals surface area contributed by atoms with E-state index in [-0.39, 0.29) is 0 Å². The highest BCUT2D eigenvalue weighted by atomic mass is 16.5. The second-order valence-electron chi connectivity index (χ2n) is 10.5. The number of methoxy groups -OCH3 is 1. The Bertz CT molecular complexity index is 1550. The van der Waals surface area contributed by atoms with E-state index < -0.39 is 0 Å². The maximum absolute atomic E-state index is 9.87. The quantitative estimate of drug-likeness (QED) is 0.294. The molecular formula is C30H36N8O. The third-order valence-electron chi connectivity index (χ3n) is 7.67. The third kappa shape index (κ3) is 5.08. The normalized spacial score (nSPS) is 12.7. The number of aryl methyl sites for hydroxylation is 2. The molecule has 39 heavy (non-hydrogen) atoms. The Morgan fingerprint density at radius 1 is 1.23 bits per heavy atom. The summed E-state index contributed by atoms with van der Waals surface area (Å²) in [7, 11) is 5.78. The van der Waals surface area contributed by atoms with Crippen molar-refractivity contribution >= 4 is 33.9 Å². The zero-order chi connectivity index (χ0) is 27.7. The minimum absolute atomic E-state index is 0.369. The van der Waals surface area contributed by atoms with Gasteiger partial charge in [-0.25, -0.2) is 9.97 Å². The molecule has 3 heterocycles. The van der Waals surface area contributed by atoms with Crippen molar-refractivity contribution in [3.63, 3.8) is 0 Å². The first-order chi connectivity index (χ1) is 18.8. The molecule has 9 heteroatoms. The van der Waals surface area contributed by atoms with Gasteiger partial charge in [0.15, 0.2) is 0 Å². The number of para-hydroxylation sites is 1. The number of nitrogens with one attached hydrogen (secondary N) is 1. The lowest BCUT2D eigenvalue weighted by molar-refractivity contribution is 0.280. The van der Waals surface area contributed by atoms with Gasteiger partial charge in [-0.15, -0.1) is 0 Å². The molecule has 202 valence electrons. The van der Waals surface area contributed by atoms with E-state index in [0.717, 1.165) is 49.1 Å². The largest absolute Gasteiger partial charge is 0.494 e. The molecule has 2 aromatic heterocycles. The average Bonchev–Trinajstić information content (AvgIpc) is 3.32. The smallest absolute Gasteiger partial charge is 0.227 e. The van der Waals surface area contributed by atoms with Gasteiger partial charge in [0, 0.05) is 55.9 Å². The van der Waals surface area contributed by atoms with Gasteiger partial charge in [-0.2, -0.15) is 5.26 Å². The highest BCUT2D eigenvalue weighted by Gasteiger charge is 2.21. The van der Waals surface area contributed by atoms with E-state index in [2.05, 4.69) is 76.0 Å². The summed E-state index contributed by atoms with van der Waals surface area (Å²) >= 11 is 0. The van der Waals surface area contributed by atoms with Crippen molar-refractivity contribution in [3.8, 4) is 23.1 Å². The van der Waals surface area contributed by atoms with Crippen molar-refractivity contribution in [3.05, 3.63) is 53.9 Å². The predicted molar refractivity (Wildman–Crippen MR) is 158 cm³/mol. The van der Waals surface area contributed by atoms with Crippen LogP contribution in [-0.4, -0.2) is 59.8 Å². The zero-order valence-electron chi connectivity index (χ0n) is 23.3.